The van der Waals surface area contributed by atoms with E-state index in [1.165, 1.54) is 0 Å². The standard InChI is InChI=1S/C14H12BrFN2O2/c15-10-4-2-1-3-8(10)7-18-13-6-11(16)9(14(19)20)5-12(13)17/h1-6,18H,7,17H2,(H,19,20). The molecule has 2 aromatic rings. The van der Waals surface area contributed by atoms with Crippen LogP contribution in [0.15, 0.2) is 40.9 Å². The topological polar surface area (TPSA) is 75.4 Å². The van der Waals surface area contributed by atoms with Crippen LogP contribution >= 0.6 is 15.9 Å². The lowest BCUT2D eigenvalue weighted by Gasteiger charge is -2.11. The zero-order chi connectivity index (χ0) is 14.7. The number of nitrogens with one attached hydrogen (secondary N) is 1. The molecule has 0 saturated carbocycles. The van der Waals surface area contributed by atoms with Gasteiger partial charge in [0.2, 0.25) is 0 Å². The van der Waals surface area contributed by atoms with Crippen LogP contribution in [0.5, 0.6) is 0 Å². The number of rotatable bonds is 4. The van der Waals surface area contributed by atoms with Gasteiger partial charge in [0.05, 0.1) is 16.9 Å². The molecule has 104 valence electrons. The zero-order valence-corrected chi connectivity index (χ0v) is 11.9. The average molecular weight is 339 g/mol. The molecule has 4 N–H and O–H groups in total. The molecule has 0 radical (unpaired) electrons. The summed E-state index contributed by atoms with van der Waals surface area (Å²) in [6.07, 6.45) is 0. The molecule has 0 spiro atoms. The molecular formula is C14H12BrFN2O2. The van der Waals surface area contributed by atoms with Crippen LogP contribution in [-0.4, -0.2) is 11.1 Å². The summed E-state index contributed by atoms with van der Waals surface area (Å²) in [4.78, 5) is 10.8. The first-order valence-electron chi connectivity index (χ1n) is 5.78. The molecule has 0 unspecified atom stereocenters. The normalized spacial score (nSPS) is 10.3. The van der Waals surface area contributed by atoms with E-state index in [2.05, 4.69) is 21.2 Å². The molecule has 0 amide bonds. The van der Waals surface area contributed by atoms with E-state index in [-0.39, 0.29) is 5.69 Å². The van der Waals surface area contributed by atoms with Crippen molar-refractivity contribution >= 4 is 33.3 Å². The van der Waals surface area contributed by atoms with Crippen LogP contribution in [0, 0.1) is 5.82 Å². The predicted molar refractivity (Wildman–Crippen MR) is 79.2 cm³/mol. The van der Waals surface area contributed by atoms with Crippen molar-refractivity contribution in [3.8, 4) is 0 Å². The minimum atomic E-state index is -1.34. The van der Waals surface area contributed by atoms with E-state index < -0.39 is 17.3 Å². The fourth-order valence-electron chi connectivity index (χ4n) is 1.74. The number of carboxylic acid groups (broad SMARTS) is 1. The van der Waals surface area contributed by atoms with Gasteiger partial charge in [0, 0.05) is 11.0 Å². The Labute approximate surface area is 123 Å². The van der Waals surface area contributed by atoms with Crippen molar-refractivity contribution in [1.82, 2.24) is 0 Å². The van der Waals surface area contributed by atoms with E-state index >= 15 is 0 Å². The first kappa shape index (κ1) is 14.3. The van der Waals surface area contributed by atoms with Crippen LogP contribution in [-0.2, 0) is 6.54 Å². The summed E-state index contributed by atoms with van der Waals surface area (Å²) in [5.41, 5.74) is 6.83. The molecule has 0 aliphatic carbocycles. The van der Waals surface area contributed by atoms with Crippen LogP contribution in [0.2, 0.25) is 0 Å². The monoisotopic (exact) mass is 338 g/mol. The lowest BCUT2D eigenvalue weighted by Crippen LogP contribution is -2.07. The lowest BCUT2D eigenvalue weighted by atomic mass is 10.1. The molecule has 0 aliphatic heterocycles. The number of benzene rings is 2. The van der Waals surface area contributed by atoms with E-state index in [1.54, 1.807) is 0 Å². The Morgan fingerprint density at radius 1 is 1.35 bits per heavy atom. The largest absolute Gasteiger partial charge is 0.478 e. The third-order valence-electron chi connectivity index (χ3n) is 2.80. The SMILES string of the molecule is Nc1cc(C(=O)O)c(F)cc1NCc1ccccc1Br. The van der Waals surface area contributed by atoms with E-state index in [0.717, 1.165) is 22.2 Å². The number of carbonyl (C=O) groups is 1. The van der Waals surface area contributed by atoms with Gasteiger partial charge in [-0.25, -0.2) is 9.18 Å². The third kappa shape index (κ3) is 3.08. The number of halogens is 2. The van der Waals surface area contributed by atoms with Crippen molar-refractivity contribution < 1.29 is 14.3 Å². The number of aromatic carboxylic acids is 1. The second-order valence-electron chi connectivity index (χ2n) is 4.17. The molecule has 0 aliphatic rings. The van der Waals surface area contributed by atoms with Crippen LogP contribution in [0.25, 0.3) is 0 Å². The van der Waals surface area contributed by atoms with Crippen molar-refractivity contribution in [2.45, 2.75) is 6.54 Å². The minimum absolute atomic E-state index is 0.191. The van der Waals surface area contributed by atoms with Crippen molar-refractivity contribution in [2.75, 3.05) is 11.1 Å². The molecule has 20 heavy (non-hydrogen) atoms. The maximum Gasteiger partial charge on any atom is 0.338 e. The van der Waals surface area contributed by atoms with E-state index in [0.29, 0.717) is 12.2 Å². The summed E-state index contributed by atoms with van der Waals surface area (Å²) in [6.45, 7) is 0.442. The quantitative estimate of drug-likeness (QED) is 0.746. The number of nitrogen functional groups attached to an aromatic ring is 1. The maximum absolute atomic E-state index is 13.6. The molecule has 0 bridgehead atoms. The van der Waals surface area contributed by atoms with Crippen molar-refractivity contribution in [2.24, 2.45) is 0 Å². The van der Waals surface area contributed by atoms with Crippen LogP contribution in [0.4, 0.5) is 15.8 Å². The Morgan fingerprint density at radius 2 is 2.05 bits per heavy atom. The Balaban J connectivity index is 2.21. The summed E-state index contributed by atoms with van der Waals surface area (Å²) < 4.78 is 14.5. The van der Waals surface area contributed by atoms with Gasteiger partial charge in [-0.3, -0.25) is 0 Å². The molecule has 2 rings (SSSR count). The van der Waals surface area contributed by atoms with Gasteiger partial charge < -0.3 is 16.2 Å². The first-order valence-corrected chi connectivity index (χ1v) is 6.58. The van der Waals surface area contributed by atoms with E-state index in [9.17, 15) is 9.18 Å². The smallest absolute Gasteiger partial charge is 0.338 e. The zero-order valence-electron chi connectivity index (χ0n) is 10.4. The van der Waals surface area contributed by atoms with E-state index in [4.69, 9.17) is 10.8 Å². The number of nitrogens with two attached hydrogens (primary N) is 1. The summed E-state index contributed by atoms with van der Waals surface area (Å²) in [7, 11) is 0. The van der Waals surface area contributed by atoms with Crippen LogP contribution in [0.3, 0.4) is 0 Å². The molecule has 0 saturated heterocycles. The first-order chi connectivity index (χ1) is 9.49. The molecule has 2 aromatic carbocycles. The minimum Gasteiger partial charge on any atom is -0.478 e. The maximum atomic E-state index is 13.6. The second kappa shape index (κ2) is 5.92. The Bertz CT molecular complexity index is 662. The molecule has 0 aromatic heterocycles. The average Bonchev–Trinajstić information content (AvgIpc) is 2.40. The van der Waals surface area contributed by atoms with Gasteiger partial charge >= 0.3 is 5.97 Å². The number of hydrogen-bond donors (Lipinski definition) is 3. The predicted octanol–water partition coefficient (Wildman–Crippen LogP) is 3.48. The summed E-state index contributed by atoms with van der Waals surface area (Å²) in [5, 5.41) is 11.8. The number of hydrogen-bond acceptors (Lipinski definition) is 3. The van der Waals surface area contributed by atoms with Gasteiger partial charge in [-0.2, -0.15) is 0 Å². The fourth-order valence-corrected chi connectivity index (χ4v) is 2.16. The molecule has 4 nitrogen and oxygen atoms in total. The number of anilines is 2. The van der Waals surface area contributed by atoms with E-state index in [1.807, 2.05) is 24.3 Å². The van der Waals surface area contributed by atoms with Crippen LogP contribution < -0.4 is 11.1 Å². The Morgan fingerprint density at radius 3 is 2.70 bits per heavy atom. The summed E-state index contributed by atoms with van der Waals surface area (Å²) in [6, 6.07) is 9.79. The molecule has 6 heteroatoms. The van der Waals surface area contributed by atoms with Gasteiger partial charge in [-0.1, -0.05) is 34.1 Å². The highest BCUT2D eigenvalue weighted by Crippen LogP contribution is 2.25. The van der Waals surface area contributed by atoms with Gasteiger partial charge in [-0.15, -0.1) is 0 Å². The molecule has 0 heterocycles. The number of carboxylic acids is 1. The second-order valence-corrected chi connectivity index (χ2v) is 5.02. The van der Waals surface area contributed by atoms with Crippen molar-refractivity contribution in [1.29, 1.82) is 0 Å². The Hall–Kier alpha value is -2.08. The lowest BCUT2D eigenvalue weighted by molar-refractivity contribution is 0.0692. The molecule has 0 fully saturated rings. The van der Waals surface area contributed by atoms with Crippen molar-refractivity contribution in [3.05, 3.63) is 57.8 Å². The van der Waals surface area contributed by atoms with Gasteiger partial charge in [0.1, 0.15) is 5.82 Å². The highest BCUT2D eigenvalue weighted by atomic mass is 79.9. The molecule has 0 atom stereocenters. The highest BCUT2D eigenvalue weighted by molar-refractivity contribution is 9.10. The summed E-state index contributed by atoms with van der Waals surface area (Å²) >= 11 is 3.41. The van der Waals surface area contributed by atoms with Crippen LogP contribution in [0.1, 0.15) is 15.9 Å². The third-order valence-corrected chi connectivity index (χ3v) is 3.57. The molecular weight excluding hydrogens is 327 g/mol. The van der Waals surface area contributed by atoms with Gasteiger partial charge in [0.25, 0.3) is 0 Å². The highest BCUT2D eigenvalue weighted by Gasteiger charge is 2.13. The van der Waals surface area contributed by atoms with Crippen molar-refractivity contribution in [3.63, 3.8) is 0 Å². The summed E-state index contributed by atoms with van der Waals surface area (Å²) in [5.74, 6) is -2.16. The van der Waals surface area contributed by atoms with Gasteiger partial charge in [0.15, 0.2) is 0 Å². The van der Waals surface area contributed by atoms with Gasteiger partial charge in [-0.05, 0) is 23.8 Å². The fraction of sp³-hybridized carbons (Fsp3) is 0.0714. The Kier molecular flexibility index (Phi) is 4.24.